The van der Waals surface area contributed by atoms with E-state index in [1.807, 2.05) is 27.8 Å². The van der Waals surface area contributed by atoms with E-state index < -0.39 is 24.8 Å². The number of aliphatic hydroxyl groups excluding tert-OH is 3. The first-order chi connectivity index (χ1) is 16.5. The maximum atomic E-state index is 11.5. The molecule has 0 spiro atoms. The number of carbonyl (C=O) groups is 1. The minimum absolute atomic E-state index is 0. The predicted molar refractivity (Wildman–Crippen MR) is 122 cm³/mol. The van der Waals surface area contributed by atoms with Gasteiger partial charge in [-0.2, -0.15) is 0 Å². The van der Waals surface area contributed by atoms with Crippen molar-refractivity contribution in [3.8, 4) is 0 Å². The maximum Gasteiger partial charge on any atom is 0.246 e. The van der Waals surface area contributed by atoms with Crippen molar-refractivity contribution in [2.24, 2.45) is 5.73 Å². The van der Waals surface area contributed by atoms with Crippen LogP contribution in [0.5, 0.6) is 0 Å². The molecule has 205 valence electrons. The van der Waals surface area contributed by atoms with Crippen molar-refractivity contribution >= 4 is 5.91 Å². The zero-order chi connectivity index (χ0) is 26.0. The van der Waals surface area contributed by atoms with Crippen LogP contribution in [-0.4, -0.2) is 150 Å². The predicted octanol–water partition coefficient (Wildman–Crippen LogP) is -6.17. The molecule has 2 heterocycles. The van der Waals surface area contributed by atoms with Gasteiger partial charge in [0.25, 0.3) is 0 Å². The zero-order valence-electron chi connectivity index (χ0n) is 20.9. The van der Waals surface area contributed by atoms with Gasteiger partial charge in [0.15, 0.2) is 0 Å². The normalized spacial score (nSPS) is 22.9. The molecule has 1 fully saturated rings. The second-order valence-corrected chi connectivity index (χ2v) is 9.07. The van der Waals surface area contributed by atoms with Gasteiger partial charge in [0.05, 0.1) is 0 Å². The summed E-state index contributed by atoms with van der Waals surface area (Å²) in [5.41, 5.74) is 6.88. The Balaban J connectivity index is 0.00000648. The van der Waals surface area contributed by atoms with E-state index in [4.69, 9.17) is 5.73 Å². The topological polar surface area (TPSA) is 189 Å². The number of allylic oxidation sites excluding steroid dienone is 1. The second kappa shape index (κ2) is 17.1. The van der Waals surface area contributed by atoms with Crippen molar-refractivity contribution in [3.05, 3.63) is 23.5 Å². The number of nitrogens with zero attached hydrogens (tertiary/aromatic N) is 5. The van der Waals surface area contributed by atoms with Gasteiger partial charge < -0.3 is 41.3 Å². The largest absolute Gasteiger partial charge is 0.830 e. The number of aliphatic hydroxyl groups is 3. The van der Waals surface area contributed by atoms with Gasteiger partial charge in [-0.1, -0.05) is 6.08 Å². The zero-order valence-corrected chi connectivity index (χ0v) is 23.8. The number of hydrogen-bond donors (Lipinski definition) is 4. The van der Waals surface area contributed by atoms with Gasteiger partial charge in [0, 0.05) is 136 Å². The molecule has 14 heteroatoms. The van der Waals surface area contributed by atoms with Crippen LogP contribution >= 0.6 is 0 Å². The Hall–Kier alpha value is -0.546. The van der Waals surface area contributed by atoms with E-state index in [-0.39, 0.29) is 52.3 Å². The summed E-state index contributed by atoms with van der Waals surface area (Å²) in [6.07, 6.45) is -1.19. The van der Waals surface area contributed by atoms with Crippen molar-refractivity contribution in [2.45, 2.75) is 25.3 Å². The number of likely N-dealkylation sites (N-methyl/N-ethyl adjacent to an activating group) is 1. The molecule has 2 aliphatic heterocycles. The van der Waals surface area contributed by atoms with Crippen LogP contribution < -0.4 is 21.1 Å². The molecule has 2 aliphatic rings. The first kappa shape index (κ1) is 33.5. The van der Waals surface area contributed by atoms with E-state index in [9.17, 15) is 35.4 Å². The standard InChI is InChI=1S/C22H39N6O7.Y/c1-24-12-17(22(23)35)2-3-18(24)13-25-4-6-26(14-19(29)30)8-10-28(16-21(33)34)11-9-27(7-5-25)15-20(31)32;/h3,12,19-21,29,31,33H,2,4-11,13-16H2,1H3,(H2,23,35);/q-3;. The molecule has 2 rings (SSSR count). The number of amides is 1. The van der Waals surface area contributed by atoms with E-state index in [0.29, 0.717) is 70.9 Å². The number of carbonyl (C=O) groups excluding carboxylic acids is 1. The third kappa shape index (κ3) is 12.8. The minimum Gasteiger partial charge on any atom is -0.830 e. The Labute approximate surface area is 237 Å². The summed E-state index contributed by atoms with van der Waals surface area (Å²) >= 11 is 0. The molecular weight excluding hydrogens is 549 g/mol. The van der Waals surface area contributed by atoms with Crippen molar-refractivity contribution in [3.63, 3.8) is 0 Å². The fourth-order valence-electron chi connectivity index (χ4n) is 4.26. The Bertz CT molecular complexity index is 699. The van der Waals surface area contributed by atoms with E-state index in [1.54, 1.807) is 11.1 Å². The molecule has 1 saturated heterocycles. The van der Waals surface area contributed by atoms with E-state index in [2.05, 4.69) is 4.90 Å². The molecule has 0 aromatic heterocycles. The van der Waals surface area contributed by atoms with Crippen LogP contribution in [0.1, 0.15) is 6.42 Å². The molecular formula is C22H39N6O7Y-3. The van der Waals surface area contributed by atoms with Gasteiger partial charge >= 0.3 is 0 Å². The van der Waals surface area contributed by atoms with Crippen molar-refractivity contribution in [1.29, 1.82) is 0 Å². The average Bonchev–Trinajstić information content (AvgIpc) is 2.75. The molecule has 0 aliphatic carbocycles. The van der Waals surface area contributed by atoms with Crippen LogP contribution in [0.4, 0.5) is 0 Å². The molecule has 1 radical (unpaired) electrons. The number of rotatable bonds is 9. The van der Waals surface area contributed by atoms with E-state index >= 15 is 0 Å². The van der Waals surface area contributed by atoms with E-state index in [0.717, 1.165) is 5.70 Å². The maximum absolute atomic E-state index is 11.5. The fourth-order valence-corrected chi connectivity index (χ4v) is 4.26. The first-order valence-corrected chi connectivity index (χ1v) is 11.9. The summed E-state index contributed by atoms with van der Waals surface area (Å²) in [6.45, 7) is 4.02. The summed E-state index contributed by atoms with van der Waals surface area (Å²) in [4.78, 5) is 20.9. The summed E-state index contributed by atoms with van der Waals surface area (Å²) in [6, 6.07) is 0. The van der Waals surface area contributed by atoms with Crippen LogP contribution in [0, 0.1) is 0 Å². The third-order valence-corrected chi connectivity index (χ3v) is 6.24. The molecule has 0 saturated carbocycles. The Morgan fingerprint density at radius 2 is 1.19 bits per heavy atom. The minimum atomic E-state index is -1.78. The molecule has 36 heavy (non-hydrogen) atoms. The summed E-state index contributed by atoms with van der Waals surface area (Å²) < 4.78 is 0. The molecule has 1 amide bonds. The molecule has 3 atom stereocenters. The molecule has 0 bridgehead atoms. The fraction of sp³-hybridized carbons (Fsp3) is 0.773. The molecule has 3 unspecified atom stereocenters. The first-order valence-electron chi connectivity index (χ1n) is 11.9. The summed E-state index contributed by atoms with van der Waals surface area (Å²) in [5.74, 6) is -0.462. The summed E-state index contributed by atoms with van der Waals surface area (Å²) in [7, 11) is 1.84. The van der Waals surface area contributed by atoms with Crippen molar-refractivity contribution in [1.82, 2.24) is 24.5 Å². The number of hydrogen-bond acceptors (Lipinski definition) is 12. The second-order valence-electron chi connectivity index (χ2n) is 9.07. The number of primary amides is 1. The van der Waals surface area contributed by atoms with Crippen LogP contribution in [0.2, 0.25) is 0 Å². The van der Waals surface area contributed by atoms with Gasteiger partial charge in [-0.15, -0.1) is 0 Å². The van der Waals surface area contributed by atoms with Gasteiger partial charge in [0.2, 0.25) is 5.91 Å². The number of β-amino-alcohol motifs (C(OH)–C–C–N with tert-alkyl or cyclic N) is 3. The molecule has 13 nitrogen and oxygen atoms in total. The monoisotopic (exact) mass is 588 g/mol. The van der Waals surface area contributed by atoms with Gasteiger partial charge in [-0.25, -0.2) is 0 Å². The quantitative estimate of drug-likeness (QED) is 0.187. The van der Waals surface area contributed by atoms with Crippen molar-refractivity contribution < 1.29 is 68.1 Å². The van der Waals surface area contributed by atoms with Crippen LogP contribution in [0.3, 0.4) is 0 Å². The van der Waals surface area contributed by atoms with E-state index in [1.165, 1.54) is 0 Å². The molecule has 0 aromatic rings. The van der Waals surface area contributed by atoms with Crippen LogP contribution in [-0.2, 0) is 37.5 Å². The Morgan fingerprint density at radius 3 is 1.50 bits per heavy atom. The third-order valence-electron chi connectivity index (χ3n) is 6.24. The van der Waals surface area contributed by atoms with Gasteiger partial charge in [-0.05, 0) is 25.3 Å². The SMILES string of the molecule is CN1C=C(C(N)=O)CC=C1CN1CCN(CC([O-])O)CCN(CC([O-])O)CCN(CC([O-])O)CC1.[Y]. The smallest absolute Gasteiger partial charge is 0.246 e. The Kier molecular flexibility index (Phi) is 15.9. The molecule has 0 aromatic carbocycles. The average molecular weight is 588 g/mol. The van der Waals surface area contributed by atoms with Gasteiger partial charge in [0.1, 0.15) is 0 Å². The van der Waals surface area contributed by atoms with Crippen molar-refractivity contribution in [2.75, 3.05) is 85.6 Å². The Morgan fingerprint density at radius 1 is 0.833 bits per heavy atom. The molecule has 5 N–H and O–H groups in total. The van der Waals surface area contributed by atoms with Gasteiger partial charge in [-0.3, -0.25) is 24.4 Å². The van der Waals surface area contributed by atoms with Crippen LogP contribution in [0.25, 0.3) is 0 Å². The van der Waals surface area contributed by atoms with Crippen LogP contribution in [0.15, 0.2) is 23.5 Å². The summed E-state index contributed by atoms with van der Waals surface area (Å²) in [5, 5.41) is 62.5. The number of nitrogens with two attached hydrogens (primary N) is 1.